The predicted molar refractivity (Wildman–Crippen MR) is 124 cm³/mol. The van der Waals surface area contributed by atoms with Crippen LogP contribution in [0.2, 0.25) is 0 Å². The number of hydrogen-bond acceptors (Lipinski definition) is 5. The van der Waals surface area contributed by atoms with Crippen molar-refractivity contribution in [2.45, 2.75) is 45.1 Å². The van der Waals surface area contributed by atoms with E-state index in [4.69, 9.17) is 4.74 Å². The third-order valence-corrected chi connectivity index (χ3v) is 6.92. The molecule has 0 radical (unpaired) electrons. The molecule has 1 N–H and O–H groups in total. The Hall–Kier alpha value is -3.13. The lowest BCUT2D eigenvalue weighted by molar-refractivity contribution is 0.102. The van der Waals surface area contributed by atoms with E-state index in [1.807, 2.05) is 32.0 Å². The van der Waals surface area contributed by atoms with Gasteiger partial charge in [0, 0.05) is 11.1 Å². The Morgan fingerprint density at radius 2 is 1.88 bits per heavy atom. The molecule has 0 saturated carbocycles. The molecule has 8 heteroatoms. The summed E-state index contributed by atoms with van der Waals surface area (Å²) in [5.41, 5.74) is 4.39. The molecule has 0 aliphatic carbocycles. The van der Waals surface area contributed by atoms with Crippen LogP contribution in [-0.2, 0) is 21.3 Å². The van der Waals surface area contributed by atoms with Crippen molar-refractivity contribution in [2.24, 2.45) is 0 Å². The summed E-state index contributed by atoms with van der Waals surface area (Å²) in [5.74, 6) is 0.534. The zero-order valence-electron chi connectivity index (χ0n) is 18.5. The van der Waals surface area contributed by atoms with Crippen LogP contribution in [0.3, 0.4) is 0 Å². The predicted octanol–water partition coefficient (Wildman–Crippen LogP) is 4.35. The molecule has 7 nitrogen and oxygen atoms in total. The number of carbonyl (C=O) groups is 1. The van der Waals surface area contributed by atoms with Crippen molar-refractivity contribution in [2.75, 3.05) is 11.9 Å². The normalized spacial score (nSPS) is 14.2. The van der Waals surface area contributed by atoms with Crippen LogP contribution in [0.5, 0.6) is 5.75 Å². The number of nitrogens with zero attached hydrogens (tertiary/aromatic N) is 2. The smallest absolute Gasteiger partial charge is 0.256 e. The number of hydrogen-bond donors (Lipinski definition) is 1. The van der Waals surface area contributed by atoms with Crippen LogP contribution in [0.25, 0.3) is 5.69 Å². The largest absolute Gasteiger partial charge is 0.494 e. The first-order valence-electron chi connectivity index (χ1n) is 10.7. The molecule has 0 fully saturated rings. The number of ether oxygens (including phenoxy) is 1. The third-order valence-electron chi connectivity index (χ3n) is 5.48. The summed E-state index contributed by atoms with van der Waals surface area (Å²) in [7, 11) is -3.26. The highest BCUT2D eigenvalue weighted by atomic mass is 32.2. The SMILES string of the molecule is CCCCOc1ccc(C(=O)Nc2c3c(nn2-c2ccc(C)cc2C)CS(=O)(=O)C3)cc1. The van der Waals surface area contributed by atoms with Gasteiger partial charge in [0.2, 0.25) is 0 Å². The van der Waals surface area contributed by atoms with Crippen LogP contribution >= 0.6 is 0 Å². The summed E-state index contributed by atoms with van der Waals surface area (Å²) >= 11 is 0. The van der Waals surface area contributed by atoms with Crippen LogP contribution < -0.4 is 10.1 Å². The average Bonchev–Trinajstić information content (AvgIpc) is 3.21. The quantitative estimate of drug-likeness (QED) is 0.537. The Morgan fingerprint density at radius 1 is 1.12 bits per heavy atom. The van der Waals surface area contributed by atoms with Gasteiger partial charge in [-0.2, -0.15) is 5.10 Å². The molecule has 0 atom stereocenters. The second-order valence-corrected chi connectivity index (χ2v) is 10.3. The van der Waals surface area contributed by atoms with Crippen molar-refractivity contribution in [3.05, 3.63) is 70.4 Å². The van der Waals surface area contributed by atoms with E-state index in [1.165, 1.54) is 0 Å². The molecule has 32 heavy (non-hydrogen) atoms. The van der Waals surface area contributed by atoms with Crippen molar-refractivity contribution in [3.63, 3.8) is 0 Å². The number of amides is 1. The number of anilines is 1. The first-order valence-corrected chi connectivity index (χ1v) is 12.5. The van der Waals surface area contributed by atoms with Gasteiger partial charge in [-0.15, -0.1) is 0 Å². The number of carbonyl (C=O) groups excluding carboxylic acids is 1. The maximum absolute atomic E-state index is 13.0. The molecule has 1 amide bonds. The summed E-state index contributed by atoms with van der Waals surface area (Å²) in [5, 5.41) is 7.47. The van der Waals surface area contributed by atoms with Crippen molar-refractivity contribution in [1.82, 2.24) is 9.78 Å². The van der Waals surface area contributed by atoms with E-state index >= 15 is 0 Å². The first-order chi connectivity index (χ1) is 15.3. The average molecular weight is 454 g/mol. The fourth-order valence-corrected chi connectivity index (χ4v) is 5.30. The summed E-state index contributed by atoms with van der Waals surface area (Å²) in [6.45, 7) is 6.71. The highest BCUT2D eigenvalue weighted by Gasteiger charge is 2.33. The molecule has 4 rings (SSSR count). The van der Waals surface area contributed by atoms with E-state index < -0.39 is 9.84 Å². The Balaban J connectivity index is 1.65. The minimum atomic E-state index is -3.26. The monoisotopic (exact) mass is 453 g/mol. The molecule has 1 aromatic heterocycles. The van der Waals surface area contributed by atoms with Crippen molar-refractivity contribution in [1.29, 1.82) is 0 Å². The number of sulfone groups is 1. The minimum Gasteiger partial charge on any atom is -0.494 e. The molecule has 3 aromatic rings. The number of rotatable bonds is 7. The highest BCUT2D eigenvalue weighted by Crippen LogP contribution is 2.34. The lowest BCUT2D eigenvalue weighted by Gasteiger charge is -2.14. The van der Waals surface area contributed by atoms with Gasteiger partial charge in [-0.1, -0.05) is 31.0 Å². The second-order valence-electron chi connectivity index (χ2n) is 8.19. The molecule has 1 aliphatic heterocycles. The van der Waals surface area contributed by atoms with Crippen molar-refractivity contribution in [3.8, 4) is 11.4 Å². The van der Waals surface area contributed by atoms with E-state index in [9.17, 15) is 13.2 Å². The lowest BCUT2D eigenvalue weighted by atomic mass is 10.1. The standard InChI is InChI=1S/C24H27N3O4S/c1-4-5-12-31-19-9-7-18(8-10-19)24(28)25-23-20-14-32(29,30)15-21(20)26-27(23)22-11-6-16(2)13-17(22)3/h6-11,13H,4-5,12,14-15H2,1-3H3,(H,25,28). The lowest BCUT2D eigenvalue weighted by Crippen LogP contribution is -2.17. The van der Waals surface area contributed by atoms with E-state index in [1.54, 1.807) is 28.9 Å². The van der Waals surface area contributed by atoms with Gasteiger partial charge >= 0.3 is 0 Å². The maximum atomic E-state index is 13.0. The zero-order valence-corrected chi connectivity index (χ0v) is 19.3. The summed E-state index contributed by atoms with van der Waals surface area (Å²) in [6.07, 6.45) is 2.02. The molecular weight excluding hydrogens is 426 g/mol. The number of fused-ring (bicyclic) bond motifs is 1. The first kappa shape index (κ1) is 22.1. The number of unbranched alkanes of at least 4 members (excludes halogenated alkanes) is 1. The molecule has 1 aliphatic rings. The number of nitrogens with one attached hydrogen (secondary N) is 1. The van der Waals surface area contributed by atoms with Gasteiger partial charge in [0.25, 0.3) is 5.91 Å². The molecule has 0 unspecified atom stereocenters. The summed E-state index contributed by atoms with van der Waals surface area (Å²) in [4.78, 5) is 13.0. The van der Waals surface area contributed by atoms with Gasteiger partial charge in [-0.05, 0) is 56.2 Å². The van der Waals surface area contributed by atoms with Crippen LogP contribution in [-0.4, -0.2) is 30.7 Å². The van der Waals surface area contributed by atoms with Gasteiger partial charge in [0.1, 0.15) is 11.6 Å². The van der Waals surface area contributed by atoms with E-state index in [-0.39, 0.29) is 17.4 Å². The Bertz CT molecular complexity index is 1260. The van der Waals surface area contributed by atoms with E-state index in [2.05, 4.69) is 17.3 Å². The van der Waals surface area contributed by atoms with Crippen LogP contribution in [0.1, 0.15) is 52.5 Å². The number of aromatic nitrogens is 2. The molecule has 2 aromatic carbocycles. The molecule has 0 bridgehead atoms. The van der Waals surface area contributed by atoms with Gasteiger partial charge in [-0.3, -0.25) is 4.79 Å². The van der Waals surface area contributed by atoms with Gasteiger partial charge in [-0.25, -0.2) is 13.1 Å². The van der Waals surface area contributed by atoms with Crippen LogP contribution in [0.4, 0.5) is 5.82 Å². The minimum absolute atomic E-state index is 0.118. The summed E-state index contributed by atoms with van der Waals surface area (Å²) in [6, 6.07) is 12.9. The second kappa shape index (κ2) is 8.78. The van der Waals surface area contributed by atoms with E-state index in [0.29, 0.717) is 35.0 Å². The van der Waals surface area contributed by atoms with E-state index in [0.717, 1.165) is 29.7 Å². The Morgan fingerprint density at radius 3 is 2.56 bits per heavy atom. The fourth-order valence-electron chi connectivity index (χ4n) is 3.80. The van der Waals surface area contributed by atoms with Crippen molar-refractivity contribution >= 4 is 21.6 Å². The van der Waals surface area contributed by atoms with Gasteiger partial charge in [0.15, 0.2) is 9.84 Å². The molecule has 0 spiro atoms. The zero-order chi connectivity index (χ0) is 22.9. The van der Waals surface area contributed by atoms with Gasteiger partial charge < -0.3 is 10.1 Å². The Kier molecular flexibility index (Phi) is 6.06. The molecular formula is C24H27N3O4S. The van der Waals surface area contributed by atoms with Crippen LogP contribution in [0.15, 0.2) is 42.5 Å². The number of benzene rings is 2. The maximum Gasteiger partial charge on any atom is 0.256 e. The van der Waals surface area contributed by atoms with Gasteiger partial charge in [0.05, 0.1) is 29.5 Å². The topological polar surface area (TPSA) is 90.3 Å². The van der Waals surface area contributed by atoms with Crippen molar-refractivity contribution < 1.29 is 17.9 Å². The Labute approximate surface area is 188 Å². The third kappa shape index (κ3) is 4.55. The number of aryl methyl sites for hydroxylation is 2. The molecule has 168 valence electrons. The van der Waals surface area contributed by atoms with Crippen LogP contribution in [0, 0.1) is 13.8 Å². The highest BCUT2D eigenvalue weighted by molar-refractivity contribution is 7.90. The summed E-state index contributed by atoms with van der Waals surface area (Å²) < 4.78 is 31.7. The fraction of sp³-hybridized carbons (Fsp3) is 0.333. The molecule has 0 saturated heterocycles. The molecule has 2 heterocycles.